The Kier molecular flexibility index (Phi) is 26.9. The molecule has 7 N–H and O–H groups in total. The van der Waals surface area contributed by atoms with Gasteiger partial charge in [-0.15, -0.1) is 0 Å². The van der Waals surface area contributed by atoms with E-state index >= 15 is 0 Å². The van der Waals surface area contributed by atoms with Gasteiger partial charge < -0.3 is 36.4 Å². The fourth-order valence-electron chi connectivity index (χ4n) is 1.15. The van der Waals surface area contributed by atoms with Crippen LogP contribution in [0.1, 0.15) is 26.7 Å². The number of aliphatic hydroxyl groups excluding tert-OH is 2. The van der Waals surface area contributed by atoms with Crippen molar-refractivity contribution >= 4 is 29.7 Å². The maximum Gasteiger partial charge on any atom is 0.330 e. The van der Waals surface area contributed by atoms with Crippen molar-refractivity contribution in [1.82, 2.24) is 4.90 Å². The summed E-state index contributed by atoms with van der Waals surface area (Å²) < 4.78 is 4.38. The molecule has 0 bridgehead atoms. The summed E-state index contributed by atoms with van der Waals surface area (Å²) in [6.07, 6.45) is 4.33. The first kappa shape index (κ1) is 38.2. The number of hydrogen-bond donors (Lipinski definition) is 5. The number of aliphatic carboxylic acids is 1. The van der Waals surface area contributed by atoms with Gasteiger partial charge in [0.2, 0.25) is 17.7 Å². The number of ether oxygens (including phenoxy) is 1. The summed E-state index contributed by atoms with van der Waals surface area (Å²) in [6.45, 7) is 19.4. The first-order chi connectivity index (χ1) is 16.1. The molecule has 198 valence electrons. The fraction of sp³-hybridized carbons (Fsp3) is 0.348. The minimum absolute atomic E-state index is 0.176. The number of carboxylic acid groups (broad SMARTS) is 1. The molecule has 0 aromatic carbocycles. The average Bonchev–Trinajstić information content (AvgIpc) is 3.23. The van der Waals surface area contributed by atoms with Crippen molar-refractivity contribution in [3.05, 3.63) is 62.4 Å². The molecule has 1 saturated heterocycles. The van der Waals surface area contributed by atoms with Gasteiger partial charge in [-0.3, -0.25) is 14.4 Å². The van der Waals surface area contributed by atoms with Gasteiger partial charge in [0.25, 0.3) is 0 Å². The van der Waals surface area contributed by atoms with Crippen LogP contribution < -0.4 is 11.5 Å². The minimum Gasteiger partial charge on any atom is -0.478 e. The van der Waals surface area contributed by atoms with Crippen LogP contribution in [0.25, 0.3) is 0 Å². The van der Waals surface area contributed by atoms with Crippen LogP contribution in [0.5, 0.6) is 0 Å². The number of nitrogens with two attached hydrogens (primary N) is 2. The highest BCUT2D eigenvalue weighted by Crippen LogP contribution is 2.08. The first-order valence-electron chi connectivity index (χ1n) is 9.87. The summed E-state index contributed by atoms with van der Waals surface area (Å²) in [5, 5.41) is 24.8. The van der Waals surface area contributed by atoms with E-state index in [1.165, 1.54) is 6.92 Å². The Morgan fingerprint density at radius 1 is 1.09 bits per heavy atom. The van der Waals surface area contributed by atoms with E-state index in [4.69, 9.17) is 21.1 Å². The Hall–Kier alpha value is -4.03. The molecule has 1 fully saturated rings. The monoisotopic (exact) mass is 499 g/mol. The normalized spacial score (nSPS) is 11.4. The molecule has 1 atom stereocenters. The molecular weight excluding hydrogens is 462 g/mol. The van der Waals surface area contributed by atoms with Crippen LogP contribution in [0.15, 0.2) is 62.4 Å². The third kappa shape index (κ3) is 32.2. The summed E-state index contributed by atoms with van der Waals surface area (Å²) in [5.41, 5.74) is 9.81. The molecule has 0 aromatic heterocycles. The van der Waals surface area contributed by atoms with Crippen molar-refractivity contribution in [2.24, 2.45) is 11.5 Å². The Morgan fingerprint density at radius 3 is 1.69 bits per heavy atom. The second-order valence-electron chi connectivity index (χ2n) is 6.38. The molecule has 0 radical (unpaired) electrons. The van der Waals surface area contributed by atoms with Crippen molar-refractivity contribution in [3.8, 4) is 0 Å². The summed E-state index contributed by atoms with van der Waals surface area (Å²) in [4.78, 5) is 51.5. The van der Waals surface area contributed by atoms with Crippen LogP contribution in [-0.2, 0) is 28.7 Å². The van der Waals surface area contributed by atoms with Crippen molar-refractivity contribution in [1.29, 1.82) is 0 Å². The molecule has 0 spiro atoms. The van der Waals surface area contributed by atoms with Gasteiger partial charge in [-0.25, -0.2) is 9.59 Å². The van der Waals surface area contributed by atoms with Gasteiger partial charge in [-0.1, -0.05) is 32.9 Å². The van der Waals surface area contributed by atoms with Crippen LogP contribution >= 0.6 is 0 Å². The van der Waals surface area contributed by atoms with E-state index in [2.05, 4.69) is 43.4 Å². The Labute approximate surface area is 205 Å². The number of primary amides is 2. The van der Waals surface area contributed by atoms with Gasteiger partial charge in [0.1, 0.15) is 12.7 Å². The molecule has 1 rings (SSSR count). The standard InChI is InChI=1S/C6H9NO.C6H10O4.C4H7NO.C4H6O2.C3H5NO/c1-2-7-5-3-4-6(7)8;1-2-6(9)10-4-5(8)3-7;2*1-3(2)4(5)6;1-2-3(4)5/h2H,1,3-5H2;2,5,7-8H,1,3-4H2;1H2,2H3,(H2,5,6);1H2,2H3,(H,5,6);2H,1H2,(H2,4,5). The summed E-state index contributed by atoms with van der Waals surface area (Å²) in [6, 6.07) is 0. The summed E-state index contributed by atoms with van der Waals surface area (Å²) >= 11 is 0. The van der Waals surface area contributed by atoms with E-state index in [9.17, 15) is 24.0 Å². The second kappa shape index (κ2) is 24.6. The lowest BCUT2D eigenvalue weighted by Crippen LogP contribution is -2.21. The predicted octanol–water partition coefficient (Wildman–Crippen LogP) is 0.174. The summed E-state index contributed by atoms with van der Waals surface area (Å²) in [5.74, 6) is -2.25. The molecule has 1 unspecified atom stereocenters. The Balaban J connectivity index is -0.000000176. The molecular formula is C23H37N3O9. The van der Waals surface area contributed by atoms with Crippen molar-refractivity contribution in [2.45, 2.75) is 32.8 Å². The van der Waals surface area contributed by atoms with Gasteiger partial charge in [-0.2, -0.15) is 0 Å². The van der Waals surface area contributed by atoms with Crippen LogP contribution in [-0.4, -0.2) is 75.7 Å². The van der Waals surface area contributed by atoms with Crippen molar-refractivity contribution < 1.29 is 44.0 Å². The van der Waals surface area contributed by atoms with Crippen molar-refractivity contribution in [3.63, 3.8) is 0 Å². The van der Waals surface area contributed by atoms with Crippen LogP contribution in [0.2, 0.25) is 0 Å². The largest absolute Gasteiger partial charge is 0.478 e. The maximum absolute atomic E-state index is 10.7. The van der Waals surface area contributed by atoms with E-state index in [1.54, 1.807) is 18.0 Å². The molecule has 1 aliphatic rings. The first-order valence-corrected chi connectivity index (χ1v) is 9.87. The van der Waals surface area contributed by atoms with Crippen LogP contribution in [0, 0.1) is 0 Å². The molecule has 12 nitrogen and oxygen atoms in total. The van der Waals surface area contributed by atoms with Crippen LogP contribution in [0.4, 0.5) is 0 Å². The lowest BCUT2D eigenvalue weighted by molar-refractivity contribution is -0.141. The number of amides is 3. The third-order valence-electron chi connectivity index (χ3n) is 3.11. The number of carboxylic acids is 1. The zero-order chi connectivity index (χ0) is 28.6. The average molecular weight is 500 g/mol. The lowest BCUT2D eigenvalue weighted by atomic mass is 10.3. The zero-order valence-electron chi connectivity index (χ0n) is 20.3. The molecule has 0 aromatic rings. The van der Waals surface area contributed by atoms with Gasteiger partial charge in [0, 0.05) is 30.2 Å². The number of rotatable bonds is 8. The molecule has 0 aliphatic carbocycles. The highest BCUT2D eigenvalue weighted by Gasteiger charge is 2.16. The second-order valence-corrected chi connectivity index (χ2v) is 6.38. The van der Waals surface area contributed by atoms with E-state index in [1.807, 2.05) is 0 Å². The number of carbonyl (C=O) groups is 5. The van der Waals surface area contributed by atoms with E-state index in [0.717, 1.165) is 25.1 Å². The quantitative estimate of drug-likeness (QED) is 0.227. The van der Waals surface area contributed by atoms with E-state index in [0.29, 0.717) is 12.0 Å². The number of aliphatic hydroxyl groups is 2. The van der Waals surface area contributed by atoms with Gasteiger partial charge in [-0.05, 0) is 32.5 Å². The van der Waals surface area contributed by atoms with E-state index < -0.39 is 36.5 Å². The molecule has 1 aliphatic heterocycles. The molecule has 1 heterocycles. The maximum atomic E-state index is 10.7. The molecule has 3 amide bonds. The number of nitrogens with zero attached hydrogens (tertiary/aromatic N) is 1. The Morgan fingerprint density at radius 2 is 1.51 bits per heavy atom. The molecule has 0 saturated carbocycles. The number of esters is 1. The van der Waals surface area contributed by atoms with Crippen LogP contribution in [0.3, 0.4) is 0 Å². The minimum atomic E-state index is -0.996. The molecule has 12 heteroatoms. The zero-order valence-corrected chi connectivity index (χ0v) is 20.3. The smallest absolute Gasteiger partial charge is 0.330 e. The topological polar surface area (TPSA) is 211 Å². The number of hydrogen-bond acceptors (Lipinski definition) is 8. The van der Waals surface area contributed by atoms with Gasteiger partial charge in [0.15, 0.2) is 0 Å². The summed E-state index contributed by atoms with van der Waals surface area (Å²) in [7, 11) is 0. The van der Waals surface area contributed by atoms with Gasteiger partial charge >= 0.3 is 11.9 Å². The fourth-order valence-corrected chi connectivity index (χ4v) is 1.15. The van der Waals surface area contributed by atoms with Crippen molar-refractivity contribution in [2.75, 3.05) is 19.8 Å². The Bertz CT molecular complexity index is 713. The predicted molar refractivity (Wildman–Crippen MR) is 131 cm³/mol. The van der Waals surface area contributed by atoms with Gasteiger partial charge in [0.05, 0.1) is 6.61 Å². The molecule has 35 heavy (non-hydrogen) atoms. The SMILES string of the molecule is C=C(C)C(=O)O.C=C(C)C(N)=O.C=CC(=O)OCC(O)CO.C=CC(N)=O.C=CN1CCCC1=O. The number of carbonyl (C=O) groups excluding carboxylic acids is 4. The third-order valence-corrected chi connectivity index (χ3v) is 3.11. The number of likely N-dealkylation sites (tertiary alicyclic amines) is 1. The highest BCUT2D eigenvalue weighted by atomic mass is 16.5. The van der Waals surface area contributed by atoms with E-state index in [-0.39, 0.29) is 18.1 Å². The lowest BCUT2D eigenvalue weighted by Gasteiger charge is -2.05. The highest BCUT2D eigenvalue weighted by molar-refractivity contribution is 5.90.